The third kappa shape index (κ3) is 2.97. The normalized spacial score (nSPS) is 17.9. The second kappa shape index (κ2) is 5.02. The molecule has 2 heteroatoms. The van der Waals surface area contributed by atoms with Crippen molar-refractivity contribution in [2.45, 2.75) is 38.5 Å². The number of halogens is 1. The van der Waals surface area contributed by atoms with E-state index in [-0.39, 0.29) is 0 Å². The average Bonchev–Trinajstić information content (AvgIpc) is 2.24. The molecule has 0 radical (unpaired) electrons. The molecule has 0 spiro atoms. The summed E-state index contributed by atoms with van der Waals surface area (Å²) >= 11 is 3.44. The Bertz CT molecular complexity index is 329. The molecule has 1 fully saturated rings. The predicted octanol–water partition coefficient (Wildman–Crippen LogP) is 4.15. The first-order chi connectivity index (χ1) is 7.25. The van der Waals surface area contributed by atoms with Gasteiger partial charge in [0, 0.05) is 10.2 Å². The molecule has 0 bridgehead atoms. The number of rotatable bonds is 2. The molecule has 1 nitrogen and oxygen atoms in total. The van der Waals surface area contributed by atoms with Crippen LogP contribution in [0.25, 0.3) is 0 Å². The minimum Gasteiger partial charge on any atom is -0.398 e. The van der Waals surface area contributed by atoms with Gasteiger partial charge in [-0.25, -0.2) is 0 Å². The van der Waals surface area contributed by atoms with Gasteiger partial charge in [0.15, 0.2) is 0 Å². The van der Waals surface area contributed by atoms with Crippen LogP contribution in [0.4, 0.5) is 5.69 Å². The summed E-state index contributed by atoms with van der Waals surface area (Å²) in [5.41, 5.74) is 8.27. The zero-order valence-electron chi connectivity index (χ0n) is 9.01. The molecule has 0 atom stereocenters. The third-order valence-corrected chi connectivity index (χ3v) is 3.83. The van der Waals surface area contributed by atoms with Gasteiger partial charge < -0.3 is 5.73 Å². The maximum atomic E-state index is 6.01. The lowest BCUT2D eigenvalue weighted by atomic mass is 9.84. The van der Waals surface area contributed by atoms with Crippen LogP contribution in [0.15, 0.2) is 22.7 Å². The molecule has 0 amide bonds. The van der Waals surface area contributed by atoms with Gasteiger partial charge in [-0.3, -0.25) is 0 Å². The molecule has 15 heavy (non-hydrogen) atoms. The minimum atomic E-state index is 0.863. The molecular weight excluding hydrogens is 250 g/mol. The van der Waals surface area contributed by atoms with E-state index < -0.39 is 0 Å². The molecule has 0 unspecified atom stereocenters. The molecule has 1 saturated carbocycles. The Morgan fingerprint density at radius 1 is 1.20 bits per heavy atom. The van der Waals surface area contributed by atoms with Gasteiger partial charge in [-0.2, -0.15) is 0 Å². The third-order valence-electron chi connectivity index (χ3n) is 3.34. The molecule has 82 valence electrons. The smallest absolute Gasteiger partial charge is 0.0357 e. The van der Waals surface area contributed by atoms with Crippen molar-refractivity contribution in [3.05, 3.63) is 28.2 Å². The van der Waals surface area contributed by atoms with Crippen LogP contribution >= 0.6 is 15.9 Å². The average molecular weight is 268 g/mol. The number of hydrogen-bond acceptors (Lipinski definition) is 1. The molecule has 1 aromatic carbocycles. The van der Waals surface area contributed by atoms with Crippen LogP contribution in [-0.2, 0) is 6.42 Å². The Balaban J connectivity index is 2.03. The Labute approximate surface area is 100 Å². The van der Waals surface area contributed by atoms with E-state index in [4.69, 9.17) is 5.73 Å². The summed E-state index contributed by atoms with van der Waals surface area (Å²) in [4.78, 5) is 0. The fraction of sp³-hybridized carbons (Fsp3) is 0.538. The fourth-order valence-electron chi connectivity index (χ4n) is 2.45. The first kappa shape index (κ1) is 11.0. The minimum absolute atomic E-state index is 0.863. The summed E-state index contributed by atoms with van der Waals surface area (Å²) in [6.45, 7) is 0. The van der Waals surface area contributed by atoms with Crippen molar-refractivity contribution in [1.29, 1.82) is 0 Å². The van der Waals surface area contributed by atoms with Crippen molar-refractivity contribution >= 4 is 21.6 Å². The maximum absolute atomic E-state index is 6.01. The van der Waals surface area contributed by atoms with Crippen LogP contribution in [0, 0.1) is 5.92 Å². The number of nitrogens with two attached hydrogens (primary N) is 1. The second-order valence-electron chi connectivity index (χ2n) is 4.55. The standard InChI is InChI=1S/C13H18BrN/c14-12-7-6-11(13(15)9-12)8-10-4-2-1-3-5-10/h6-7,9-10H,1-5,8,15H2. The number of anilines is 1. The van der Waals surface area contributed by atoms with Crippen LogP contribution in [-0.4, -0.2) is 0 Å². The summed E-state index contributed by atoms with van der Waals surface area (Å²) in [6, 6.07) is 6.26. The van der Waals surface area contributed by atoms with Crippen LogP contribution in [0.2, 0.25) is 0 Å². The molecule has 0 aliphatic heterocycles. The van der Waals surface area contributed by atoms with Crippen molar-refractivity contribution < 1.29 is 0 Å². The van der Waals surface area contributed by atoms with E-state index in [2.05, 4.69) is 28.1 Å². The second-order valence-corrected chi connectivity index (χ2v) is 5.47. The summed E-state index contributed by atoms with van der Waals surface area (Å²) in [6.07, 6.45) is 8.17. The van der Waals surface area contributed by atoms with Gasteiger partial charge in [0.25, 0.3) is 0 Å². The van der Waals surface area contributed by atoms with Crippen molar-refractivity contribution in [3.8, 4) is 0 Å². The van der Waals surface area contributed by atoms with Crippen molar-refractivity contribution in [2.24, 2.45) is 5.92 Å². The first-order valence-electron chi connectivity index (χ1n) is 5.79. The van der Waals surface area contributed by atoms with Gasteiger partial charge in [-0.1, -0.05) is 54.1 Å². The van der Waals surface area contributed by atoms with Gasteiger partial charge in [0.2, 0.25) is 0 Å². The molecular formula is C13H18BrN. The van der Waals surface area contributed by atoms with E-state index in [1.807, 2.05) is 6.07 Å². The zero-order valence-corrected chi connectivity index (χ0v) is 10.6. The predicted molar refractivity (Wildman–Crippen MR) is 68.8 cm³/mol. The van der Waals surface area contributed by atoms with Gasteiger partial charge in [0.05, 0.1) is 0 Å². The largest absolute Gasteiger partial charge is 0.398 e. The molecule has 1 aliphatic rings. The lowest BCUT2D eigenvalue weighted by Gasteiger charge is -2.22. The van der Waals surface area contributed by atoms with Crippen LogP contribution in [0.1, 0.15) is 37.7 Å². The van der Waals surface area contributed by atoms with E-state index in [1.165, 1.54) is 44.1 Å². The Hall–Kier alpha value is -0.500. The van der Waals surface area contributed by atoms with Gasteiger partial charge in [0.1, 0.15) is 0 Å². The van der Waals surface area contributed by atoms with Gasteiger partial charge in [-0.05, 0) is 30.0 Å². The Morgan fingerprint density at radius 3 is 2.60 bits per heavy atom. The highest BCUT2D eigenvalue weighted by atomic mass is 79.9. The van der Waals surface area contributed by atoms with Crippen molar-refractivity contribution in [3.63, 3.8) is 0 Å². The molecule has 0 saturated heterocycles. The lowest BCUT2D eigenvalue weighted by Crippen LogP contribution is -2.10. The monoisotopic (exact) mass is 267 g/mol. The summed E-state index contributed by atoms with van der Waals surface area (Å²) in [7, 11) is 0. The quantitative estimate of drug-likeness (QED) is 0.801. The highest BCUT2D eigenvalue weighted by molar-refractivity contribution is 9.10. The number of nitrogen functional groups attached to an aromatic ring is 1. The van der Waals surface area contributed by atoms with E-state index >= 15 is 0 Å². The number of hydrogen-bond donors (Lipinski definition) is 1. The molecule has 2 N–H and O–H groups in total. The van der Waals surface area contributed by atoms with E-state index in [9.17, 15) is 0 Å². The van der Waals surface area contributed by atoms with Crippen LogP contribution in [0.5, 0.6) is 0 Å². The highest BCUT2D eigenvalue weighted by Crippen LogP contribution is 2.29. The molecule has 1 aromatic rings. The summed E-state index contributed by atoms with van der Waals surface area (Å²) in [5, 5.41) is 0. The summed E-state index contributed by atoms with van der Waals surface area (Å²) in [5.74, 6) is 0.863. The van der Waals surface area contributed by atoms with Gasteiger partial charge in [-0.15, -0.1) is 0 Å². The van der Waals surface area contributed by atoms with E-state index in [1.54, 1.807) is 0 Å². The summed E-state index contributed by atoms with van der Waals surface area (Å²) < 4.78 is 1.08. The highest BCUT2D eigenvalue weighted by Gasteiger charge is 2.14. The van der Waals surface area contributed by atoms with Crippen LogP contribution in [0.3, 0.4) is 0 Å². The molecule has 1 aliphatic carbocycles. The van der Waals surface area contributed by atoms with Crippen molar-refractivity contribution in [1.82, 2.24) is 0 Å². The Kier molecular flexibility index (Phi) is 3.68. The Morgan fingerprint density at radius 2 is 1.93 bits per heavy atom. The zero-order chi connectivity index (χ0) is 10.7. The number of benzene rings is 1. The van der Waals surface area contributed by atoms with E-state index in [0.717, 1.165) is 16.1 Å². The van der Waals surface area contributed by atoms with Crippen molar-refractivity contribution in [2.75, 3.05) is 5.73 Å². The van der Waals surface area contributed by atoms with Gasteiger partial charge >= 0.3 is 0 Å². The first-order valence-corrected chi connectivity index (χ1v) is 6.59. The van der Waals surface area contributed by atoms with E-state index in [0.29, 0.717) is 0 Å². The fourth-order valence-corrected chi connectivity index (χ4v) is 2.83. The lowest BCUT2D eigenvalue weighted by molar-refractivity contribution is 0.357. The topological polar surface area (TPSA) is 26.0 Å². The molecule has 0 heterocycles. The van der Waals surface area contributed by atoms with Crippen LogP contribution < -0.4 is 5.73 Å². The molecule has 0 aromatic heterocycles. The maximum Gasteiger partial charge on any atom is 0.0357 e. The molecule has 2 rings (SSSR count). The SMILES string of the molecule is Nc1cc(Br)ccc1CC1CCCCC1.